The van der Waals surface area contributed by atoms with E-state index in [2.05, 4.69) is 13.0 Å². The van der Waals surface area contributed by atoms with Gasteiger partial charge in [-0.25, -0.2) is 0 Å². The van der Waals surface area contributed by atoms with Crippen LogP contribution in [0.2, 0.25) is 0 Å². The first-order chi connectivity index (χ1) is 9.10. The first kappa shape index (κ1) is 15.4. The van der Waals surface area contributed by atoms with Crippen LogP contribution < -0.4 is 4.90 Å². The average molecular weight is 278 g/mol. The van der Waals surface area contributed by atoms with Crippen molar-refractivity contribution in [3.05, 3.63) is 23.8 Å². The van der Waals surface area contributed by atoms with Crippen LogP contribution in [0.1, 0.15) is 25.3 Å². The molecule has 0 heterocycles. The van der Waals surface area contributed by atoms with Crippen molar-refractivity contribution in [2.75, 3.05) is 24.2 Å². The van der Waals surface area contributed by atoms with E-state index in [4.69, 9.17) is 5.11 Å². The van der Waals surface area contributed by atoms with Crippen LogP contribution in [-0.4, -0.2) is 30.4 Å². The van der Waals surface area contributed by atoms with Gasteiger partial charge in [-0.15, -0.1) is 11.8 Å². The van der Waals surface area contributed by atoms with E-state index >= 15 is 0 Å². The number of nitrogens with zero attached hydrogens (tertiary/aromatic N) is 2. The van der Waals surface area contributed by atoms with E-state index in [-0.39, 0.29) is 6.42 Å². The van der Waals surface area contributed by atoms with Crippen LogP contribution in [0.5, 0.6) is 0 Å². The van der Waals surface area contributed by atoms with Crippen LogP contribution in [0.25, 0.3) is 0 Å². The second-order valence-electron chi connectivity index (χ2n) is 4.11. The number of rotatable bonds is 7. The number of hydrogen-bond donors (Lipinski definition) is 1. The van der Waals surface area contributed by atoms with Gasteiger partial charge in [0.15, 0.2) is 0 Å². The third kappa shape index (κ3) is 4.49. The minimum absolute atomic E-state index is 0.148. The number of aliphatic carboxylic acids is 1. The highest BCUT2D eigenvalue weighted by Gasteiger charge is 2.11. The summed E-state index contributed by atoms with van der Waals surface area (Å²) in [6, 6.07) is 8.03. The topological polar surface area (TPSA) is 64.3 Å². The van der Waals surface area contributed by atoms with Crippen molar-refractivity contribution in [2.45, 2.75) is 24.7 Å². The van der Waals surface area contributed by atoms with Crippen molar-refractivity contribution in [3.63, 3.8) is 0 Å². The summed E-state index contributed by atoms with van der Waals surface area (Å²) in [5.41, 5.74) is 1.54. The third-order valence-electron chi connectivity index (χ3n) is 2.71. The molecule has 1 N–H and O–H groups in total. The Labute approximate surface area is 118 Å². The molecule has 0 atom stereocenters. The fraction of sp³-hybridized carbons (Fsp3) is 0.429. The van der Waals surface area contributed by atoms with E-state index in [1.807, 2.05) is 30.1 Å². The highest BCUT2D eigenvalue weighted by molar-refractivity contribution is 7.99. The van der Waals surface area contributed by atoms with Gasteiger partial charge in [0.2, 0.25) is 0 Å². The molecule has 0 unspecified atom stereocenters. The smallest absolute Gasteiger partial charge is 0.303 e. The van der Waals surface area contributed by atoms with E-state index in [1.165, 1.54) is 0 Å². The minimum Gasteiger partial charge on any atom is -0.481 e. The Morgan fingerprint density at radius 3 is 2.84 bits per heavy atom. The molecule has 0 aliphatic heterocycles. The molecule has 0 aliphatic rings. The van der Waals surface area contributed by atoms with E-state index in [0.29, 0.717) is 18.5 Å². The number of carbonyl (C=O) groups is 1. The zero-order valence-electron chi connectivity index (χ0n) is 11.2. The molecular formula is C14H18N2O2S. The van der Waals surface area contributed by atoms with Crippen LogP contribution >= 0.6 is 11.8 Å². The standard InChI is InChI=1S/C14H18N2O2S/c1-3-19-13-7-4-6-12(11(13)10-15)16(2)9-5-8-14(17)18/h4,6-7H,3,5,8-9H2,1-2H3,(H,17,18). The number of carboxylic acids is 1. The molecule has 0 bridgehead atoms. The van der Waals surface area contributed by atoms with Crippen LogP contribution in [-0.2, 0) is 4.79 Å². The van der Waals surface area contributed by atoms with Crippen molar-refractivity contribution in [1.82, 2.24) is 0 Å². The predicted molar refractivity (Wildman–Crippen MR) is 77.7 cm³/mol. The molecule has 1 aromatic carbocycles. The van der Waals surface area contributed by atoms with E-state index < -0.39 is 5.97 Å². The molecule has 0 spiro atoms. The lowest BCUT2D eigenvalue weighted by Crippen LogP contribution is -2.20. The van der Waals surface area contributed by atoms with Gasteiger partial charge in [0.1, 0.15) is 6.07 Å². The predicted octanol–water partition coefficient (Wildman–Crippen LogP) is 2.97. The van der Waals surface area contributed by atoms with Crippen molar-refractivity contribution < 1.29 is 9.90 Å². The van der Waals surface area contributed by atoms with Crippen LogP contribution in [0.4, 0.5) is 5.69 Å². The Hall–Kier alpha value is -1.67. The number of anilines is 1. The Morgan fingerprint density at radius 1 is 1.53 bits per heavy atom. The zero-order valence-corrected chi connectivity index (χ0v) is 12.0. The molecule has 1 aromatic rings. The molecule has 19 heavy (non-hydrogen) atoms. The SMILES string of the molecule is CCSc1cccc(N(C)CCCC(=O)O)c1C#N. The lowest BCUT2D eigenvalue weighted by atomic mass is 10.1. The second-order valence-corrected chi connectivity index (χ2v) is 5.42. The Balaban J connectivity index is 2.84. The van der Waals surface area contributed by atoms with E-state index in [0.717, 1.165) is 16.3 Å². The molecule has 0 saturated heterocycles. The van der Waals surface area contributed by atoms with Crippen molar-refractivity contribution in [2.24, 2.45) is 0 Å². The van der Waals surface area contributed by atoms with E-state index in [9.17, 15) is 10.1 Å². The molecule has 0 fully saturated rings. The Morgan fingerprint density at radius 2 is 2.26 bits per heavy atom. The zero-order chi connectivity index (χ0) is 14.3. The maximum atomic E-state index is 10.5. The summed E-state index contributed by atoms with van der Waals surface area (Å²) in [6.45, 7) is 2.68. The molecule has 0 saturated carbocycles. The molecule has 5 heteroatoms. The molecule has 0 aromatic heterocycles. The Kier molecular flexibility index (Phi) is 6.23. The maximum Gasteiger partial charge on any atom is 0.303 e. The highest BCUT2D eigenvalue weighted by atomic mass is 32.2. The molecular weight excluding hydrogens is 260 g/mol. The largest absolute Gasteiger partial charge is 0.481 e. The minimum atomic E-state index is -0.788. The summed E-state index contributed by atoms with van der Waals surface area (Å²) in [5.74, 6) is 0.130. The molecule has 102 valence electrons. The fourth-order valence-electron chi connectivity index (χ4n) is 1.81. The average Bonchev–Trinajstić information content (AvgIpc) is 2.38. The lowest BCUT2D eigenvalue weighted by Gasteiger charge is -2.21. The van der Waals surface area contributed by atoms with Gasteiger partial charge in [0.05, 0.1) is 11.3 Å². The molecule has 0 aliphatic carbocycles. The molecule has 0 radical (unpaired) electrons. The second kappa shape index (κ2) is 7.70. The van der Waals surface area contributed by atoms with Crippen molar-refractivity contribution >= 4 is 23.4 Å². The lowest BCUT2D eigenvalue weighted by molar-refractivity contribution is -0.137. The van der Waals surface area contributed by atoms with Crippen LogP contribution in [0.3, 0.4) is 0 Å². The highest BCUT2D eigenvalue weighted by Crippen LogP contribution is 2.29. The number of carboxylic acid groups (broad SMARTS) is 1. The molecule has 1 rings (SSSR count). The van der Waals surface area contributed by atoms with Gasteiger partial charge in [0, 0.05) is 24.9 Å². The van der Waals surface area contributed by atoms with Gasteiger partial charge in [-0.2, -0.15) is 5.26 Å². The molecule has 0 amide bonds. The van der Waals surface area contributed by atoms with Crippen LogP contribution in [0.15, 0.2) is 23.1 Å². The van der Waals surface area contributed by atoms with Crippen LogP contribution in [0, 0.1) is 11.3 Å². The van der Waals surface area contributed by atoms with Gasteiger partial charge in [0.25, 0.3) is 0 Å². The first-order valence-electron chi connectivity index (χ1n) is 6.19. The monoisotopic (exact) mass is 278 g/mol. The first-order valence-corrected chi connectivity index (χ1v) is 7.17. The van der Waals surface area contributed by atoms with Gasteiger partial charge in [-0.1, -0.05) is 13.0 Å². The fourth-order valence-corrected chi connectivity index (χ4v) is 2.59. The summed E-state index contributed by atoms with van der Waals surface area (Å²) in [7, 11) is 1.89. The third-order valence-corrected chi connectivity index (χ3v) is 3.65. The summed E-state index contributed by atoms with van der Waals surface area (Å²) in [6.07, 6.45) is 0.720. The Bertz CT molecular complexity index is 483. The summed E-state index contributed by atoms with van der Waals surface area (Å²) >= 11 is 1.64. The van der Waals surface area contributed by atoms with E-state index in [1.54, 1.807) is 11.8 Å². The summed E-state index contributed by atoms with van der Waals surface area (Å²) in [4.78, 5) is 13.4. The van der Waals surface area contributed by atoms with Crippen molar-refractivity contribution in [1.29, 1.82) is 5.26 Å². The van der Waals surface area contributed by atoms with Gasteiger partial charge in [-0.05, 0) is 24.3 Å². The maximum absolute atomic E-state index is 10.5. The number of hydrogen-bond acceptors (Lipinski definition) is 4. The number of thioether (sulfide) groups is 1. The summed E-state index contributed by atoms with van der Waals surface area (Å²) < 4.78 is 0. The van der Waals surface area contributed by atoms with Gasteiger partial charge < -0.3 is 10.0 Å². The quantitative estimate of drug-likeness (QED) is 0.777. The number of benzene rings is 1. The summed E-state index contributed by atoms with van der Waals surface area (Å²) in [5, 5.41) is 17.9. The number of nitriles is 1. The van der Waals surface area contributed by atoms with Gasteiger partial charge >= 0.3 is 5.97 Å². The van der Waals surface area contributed by atoms with Crippen molar-refractivity contribution in [3.8, 4) is 6.07 Å². The normalized spacial score (nSPS) is 9.95. The molecule has 4 nitrogen and oxygen atoms in total. The van der Waals surface area contributed by atoms with Gasteiger partial charge in [-0.3, -0.25) is 4.79 Å².